The summed E-state index contributed by atoms with van der Waals surface area (Å²) in [6.45, 7) is 10.5. The first-order valence-electron chi connectivity index (χ1n) is 6.18. The molecule has 16 heavy (non-hydrogen) atoms. The zero-order valence-electron chi connectivity index (χ0n) is 11.2. The van der Waals surface area contributed by atoms with E-state index in [-0.39, 0.29) is 0 Å². The minimum absolute atomic E-state index is 0.348. The van der Waals surface area contributed by atoms with Crippen LogP contribution in [0, 0.1) is 5.92 Å². The molecule has 0 saturated carbocycles. The molecule has 0 heterocycles. The molecule has 0 spiro atoms. The lowest BCUT2D eigenvalue weighted by molar-refractivity contribution is -0.117. The molecular weight excluding hydrogens is 196 g/mol. The summed E-state index contributed by atoms with van der Waals surface area (Å²) in [5.74, 6) is 1.18. The van der Waals surface area contributed by atoms with Gasteiger partial charge in [-0.15, -0.1) is 0 Å². The highest BCUT2D eigenvalue weighted by atomic mass is 16.1. The number of ketones is 1. The molecule has 1 nitrogen and oxygen atoms in total. The van der Waals surface area contributed by atoms with Crippen LogP contribution in [0.4, 0.5) is 0 Å². The summed E-state index contributed by atoms with van der Waals surface area (Å²) >= 11 is 0. The summed E-state index contributed by atoms with van der Waals surface area (Å²) in [5, 5.41) is 0. The Kier molecular flexibility index (Phi) is 7.53. The molecule has 0 unspecified atom stereocenters. The molecule has 90 valence electrons. The molecule has 1 aliphatic carbocycles. The van der Waals surface area contributed by atoms with Crippen molar-refractivity contribution in [2.75, 3.05) is 0 Å². The van der Waals surface area contributed by atoms with Gasteiger partial charge in [-0.25, -0.2) is 0 Å². The Morgan fingerprint density at radius 1 is 0.938 bits per heavy atom. The van der Waals surface area contributed by atoms with Gasteiger partial charge in [0.15, 0.2) is 0 Å². The molecule has 1 aromatic rings. The second-order valence-corrected chi connectivity index (χ2v) is 4.39. The molecule has 1 aromatic carbocycles. The van der Waals surface area contributed by atoms with Gasteiger partial charge in [0.2, 0.25) is 0 Å². The van der Waals surface area contributed by atoms with Gasteiger partial charge in [-0.3, -0.25) is 4.79 Å². The molecule has 0 aliphatic heterocycles. The van der Waals surface area contributed by atoms with Crippen molar-refractivity contribution < 1.29 is 4.79 Å². The van der Waals surface area contributed by atoms with E-state index in [4.69, 9.17) is 0 Å². The summed E-state index contributed by atoms with van der Waals surface area (Å²) in [4.78, 5) is 10.9. The number of hydrogen-bond donors (Lipinski definition) is 0. The van der Waals surface area contributed by atoms with E-state index in [0.717, 1.165) is 5.92 Å². The van der Waals surface area contributed by atoms with E-state index in [1.807, 2.05) is 38.1 Å². The Labute approximate surface area is 99.9 Å². The van der Waals surface area contributed by atoms with E-state index in [9.17, 15) is 4.79 Å². The van der Waals surface area contributed by atoms with Gasteiger partial charge >= 0.3 is 0 Å². The fourth-order valence-electron chi connectivity index (χ4n) is 1.39. The predicted octanol–water partition coefficient (Wildman–Crippen LogP) is 4.04. The first kappa shape index (κ1) is 14.9. The van der Waals surface area contributed by atoms with E-state index < -0.39 is 0 Å². The Morgan fingerprint density at radius 3 is 1.56 bits per heavy atom. The lowest BCUT2D eigenvalue weighted by atomic mass is 10.1. The molecule has 0 amide bonds. The predicted molar refractivity (Wildman–Crippen MR) is 70.7 cm³/mol. The highest BCUT2D eigenvalue weighted by Gasteiger charge is 2.16. The maximum absolute atomic E-state index is 10.9. The van der Waals surface area contributed by atoms with Crippen LogP contribution in [0.25, 0.3) is 0 Å². The van der Waals surface area contributed by atoms with Crippen molar-refractivity contribution in [3.63, 3.8) is 0 Å². The maximum Gasteiger partial charge on any atom is 0.141 e. The van der Waals surface area contributed by atoms with Crippen molar-refractivity contribution in [1.82, 2.24) is 0 Å². The summed E-state index contributed by atoms with van der Waals surface area (Å²) < 4.78 is 0. The number of carbonyl (C=O) groups is 1. The van der Waals surface area contributed by atoms with Gasteiger partial charge in [0.25, 0.3) is 0 Å². The molecule has 2 rings (SSSR count). The Hall–Kier alpha value is -1.11. The van der Waals surface area contributed by atoms with Crippen molar-refractivity contribution in [2.24, 2.45) is 5.92 Å². The smallest absolute Gasteiger partial charge is 0.141 e. The van der Waals surface area contributed by atoms with E-state index in [2.05, 4.69) is 20.8 Å². The molecular formula is C15H24O. The quantitative estimate of drug-likeness (QED) is 0.645. The minimum atomic E-state index is 0.348. The van der Waals surface area contributed by atoms with Crippen molar-refractivity contribution in [3.8, 4) is 0 Å². The van der Waals surface area contributed by atoms with Gasteiger partial charge < -0.3 is 0 Å². The first-order chi connectivity index (χ1) is 7.59. The highest BCUT2D eigenvalue weighted by molar-refractivity contribution is 5.87. The second-order valence-electron chi connectivity index (χ2n) is 4.39. The van der Waals surface area contributed by atoms with Crippen LogP contribution in [-0.4, -0.2) is 5.78 Å². The summed E-state index contributed by atoms with van der Waals surface area (Å²) in [7, 11) is 0. The van der Waals surface area contributed by atoms with Gasteiger partial charge in [-0.2, -0.15) is 0 Å². The van der Waals surface area contributed by atoms with Crippen LogP contribution in [-0.2, 0) is 17.6 Å². The van der Waals surface area contributed by atoms with Crippen LogP contribution in [0.5, 0.6) is 0 Å². The minimum Gasteiger partial charge on any atom is -0.299 e. The average molecular weight is 220 g/mol. The largest absolute Gasteiger partial charge is 0.299 e. The topological polar surface area (TPSA) is 17.1 Å². The van der Waals surface area contributed by atoms with E-state index >= 15 is 0 Å². The molecule has 1 aliphatic rings. The van der Waals surface area contributed by atoms with Crippen LogP contribution < -0.4 is 0 Å². The summed E-state index contributed by atoms with van der Waals surface area (Å²) in [6.07, 6.45) is 1.30. The fourth-order valence-corrected chi connectivity index (χ4v) is 1.39. The number of hydrogen-bond acceptors (Lipinski definition) is 1. The van der Waals surface area contributed by atoms with E-state index in [1.165, 1.54) is 11.1 Å². The van der Waals surface area contributed by atoms with Crippen LogP contribution in [0.3, 0.4) is 0 Å². The van der Waals surface area contributed by atoms with Gasteiger partial charge in [-0.05, 0) is 17.0 Å². The number of rotatable bonds is 0. The van der Waals surface area contributed by atoms with Crippen LogP contribution in [0.1, 0.15) is 45.7 Å². The number of fused-ring (bicyclic) bond motifs is 1. The molecule has 0 aromatic heterocycles. The molecule has 1 heteroatoms. The van der Waals surface area contributed by atoms with Gasteiger partial charge in [0.1, 0.15) is 5.78 Å². The molecule has 0 radical (unpaired) electrons. The van der Waals surface area contributed by atoms with Gasteiger partial charge in [0.05, 0.1) is 0 Å². The Balaban J connectivity index is 0.000000323. The molecule has 0 bridgehead atoms. The zero-order valence-corrected chi connectivity index (χ0v) is 11.2. The summed E-state index contributed by atoms with van der Waals surface area (Å²) in [5.41, 5.74) is 2.43. The number of Topliss-reactive ketones (excluding diaryl/α,β-unsaturated/α-hetero) is 1. The van der Waals surface area contributed by atoms with Crippen molar-refractivity contribution in [2.45, 2.75) is 47.5 Å². The Bertz CT molecular complexity index is 283. The maximum atomic E-state index is 10.9. The van der Waals surface area contributed by atoms with Crippen LogP contribution in [0.15, 0.2) is 24.3 Å². The van der Waals surface area contributed by atoms with Crippen molar-refractivity contribution in [3.05, 3.63) is 35.4 Å². The lowest BCUT2D eigenvalue weighted by Crippen LogP contribution is -1.92. The number of carbonyl (C=O) groups excluding carboxylic acids is 1. The standard InChI is InChI=1S/C9H8O.C4H10.C2H6/c10-9-5-7-3-1-2-4-8(7)6-9;1-4(2)3;1-2/h1-4H,5-6H2;4H,1-3H3;1-2H3. The second kappa shape index (κ2) is 8.09. The molecule has 0 N–H and O–H groups in total. The van der Waals surface area contributed by atoms with E-state index in [1.54, 1.807) is 0 Å². The van der Waals surface area contributed by atoms with Crippen molar-refractivity contribution in [1.29, 1.82) is 0 Å². The third kappa shape index (κ3) is 5.69. The van der Waals surface area contributed by atoms with Crippen molar-refractivity contribution >= 4 is 5.78 Å². The Morgan fingerprint density at radius 2 is 1.25 bits per heavy atom. The van der Waals surface area contributed by atoms with E-state index in [0.29, 0.717) is 18.6 Å². The first-order valence-corrected chi connectivity index (χ1v) is 6.18. The normalized spacial score (nSPS) is 12.2. The third-order valence-corrected chi connectivity index (χ3v) is 1.89. The molecule has 0 fully saturated rings. The van der Waals surface area contributed by atoms with Crippen LogP contribution in [0.2, 0.25) is 0 Å². The zero-order chi connectivity index (χ0) is 12.6. The third-order valence-electron chi connectivity index (χ3n) is 1.89. The van der Waals surface area contributed by atoms with Gasteiger partial charge in [-0.1, -0.05) is 58.9 Å². The highest BCUT2D eigenvalue weighted by Crippen LogP contribution is 2.17. The fraction of sp³-hybridized carbons (Fsp3) is 0.533. The average Bonchev–Trinajstić information content (AvgIpc) is 2.60. The lowest BCUT2D eigenvalue weighted by Gasteiger charge is -1.91. The summed E-state index contributed by atoms with van der Waals surface area (Å²) in [6, 6.07) is 8.02. The van der Waals surface area contributed by atoms with Crippen LogP contribution >= 0.6 is 0 Å². The molecule has 0 atom stereocenters. The van der Waals surface area contributed by atoms with Gasteiger partial charge in [0, 0.05) is 12.8 Å². The monoisotopic (exact) mass is 220 g/mol. The molecule has 0 saturated heterocycles. The SMILES string of the molecule is CC.CC(C)C.O=C1Cc2ccccc2C1. The number of benzene rings is 1.